The lowest BCUT2D eigenvalue weighted by atomic mass is 10.7. The van der Waals surface area contributed by atoms with E-state index in [-0.39, 0.29) is 6.54 Å². The van der Waals surface area contributed by atoms with Crippen molar-refractivity contribution in [3.63, 3.8) is 0 Å². The van der Waals surface area contributed by atoms with Crippen molar-refractivity contribution in [3.8, 4) is 6.07 Å². The zero-order valence-corrected chi connectivity index (χ0v) is 4.19. The van der Waals surface area contributed by atoms with Crippen molar-refractivity contribution in [1.29, 1.82) is 5.26 Å². The fourth-order valence-electron chi connectivity index (χ4n) is 0.163. The van der Waals surface area contributed by atoms with Gasteiger partial charge < -0.3 is 0 Å². The van der Waals surface area contributed by atoms with Crippen LogP contribution in [0, 0.1) is 11.3 Å². The second kappa shape index (κ2) is 3.57. The topological polar surface area (TPSA) is 27.0 Å². The van der Waals surface area contributed by atoms with Crippen LogP contribution in [-0.2, 0) is 0 Å². The Morgan fingerprint density at radius 3 is 2.57 bits per heavy atom. The molecular formula is C4H7FN2. The molecule has 0 saturated heterocycles. The molecule has 0 N–H and O–H groups in total. The van der Waals surface area contributed by atoms with E-state index >= 15 is 0 Å². The van der Waals surface area contributed by atoms with Gasteiger partial charge in [0.25, 0.3) is 0 Å². The second-order valence-corrected chi connectivity index (χ2v) is 1.29. The summed E-state index contributed by atoms with van der Waals surface area (Å²) < 4.78 is 11.3. The fraction of sp³-hybridized carbons (Fsp3) is 0.750. The third-order valence-corrected chi connectivity index (χ3v) is 0.545. The molecular weight excluding hydrogens is 95.1 g/mol. The van der Waals surface area contributed by atoms with Gasteiger partial charge in [0, 0.05) is 0 Å². The first-order valence-electron chi connectivity index (χ1n) is 1.92. The lowest BCUT2D eigenvalue weighted by Crippen LogP contribution is -2.16. The lowest BCUT2D eigenvalue weighted by Gasteiger charge is -2.02. The van der Waals surface area contributed by atoms with Crippen molar-refractivity contribution in [1.82, 2.24) is 4.90 Å². The van der Waals surface area contributed by atoms with Crippen LogP contribution in [0.5, 0.6) is 0 Å². The summed E-state index contributed by atoms with van der Waals surface area (Å²) in [6, 6.07) is 1.80. The van der Waals surface area contributed by atoms with Crippen molar-refractivity contribution >= 4 is 0 Å². The maximum Gasteiger partial charge on any atom is 0.143 e. The van der Waals surface area contributed by atoms with Crippen LogP contribution in [0.15, 0.2) is 0 Å². The number of nitrogens with zero attached hydrogens (tertiary/aromatic N) is 2. The van der Waals surface area contributed by atoms with Crippen LogP contribution in [0.4, 0.5) is 4.39 Å². The van der Waals surface area contributed by atoms with Gasteiger partial charge in [-0.05, 0) is 7.05 Å². The quantitative estimate of drug-likeness (QED) is 0.372. The second-order valence-electron chi connectivity index (χ2n) is 1.29. The summed E-state index contributed by atoms with van der Waals surface area (Å²) in [5.74, 6) is 0. The predicted molar refractivity (Wildman–Crippen MR) is 24.2 cm³/mol. The molecule has 0 heterocycles. The molecule has 0 aliphatic carbocycles. The zero-order chi connectivity index (χ0) is 5.70. The molecule has 0 aromatic rings. The highest BCUT2D eigenvalue weighted by molar-refractivity contribution is 4.72. The molecule has 3 heteroatoms. The normalized spacial score (nSPS) is 8.86. The first-order chi connectivity index (χ1) is 3.31. The van der Waals surface area contributed by atoms with Gasteiger partial charge in [0.1, 0.15) is 6.80 Å². The van der Waals surface area contributed by atoms with Crippen molar-refractivity contribution < 1.29 is 4.39 Å². The molecule has 7 heavy (non-hydrogen) atoms. The van der Waals surface area contributed by atoms with Gasteiger partial charge in [0.05, 0.1) is 12.6 Å². The standard InChI is InChI=1S/C4H7FN2/c1-7(4-5)3-2-6/h3-4H2,1H3. The van der Waals surface area contributed by atoms with Crippen molar-refractivity contribution in [2.45, 2.75) is 0 Å². The van der Waals surface area contributed by atoms with Crippen molar-refractivity contribution in [2.75, 3.05) is 20.4 Å². The highest BCUT2D eigenvalue weighted by atomic mass is 19.1. The number of alkyl halides is 1. The van der Waals surface area contributed by atoms with E-state index in [9.17, 15) is 4.39 Å². The predicted octanol–water partition coefficient (Wildman–Crippen LogP) is 0.369. The fourth-order valence-corrected chi connectivity index (χ4v) is 0.163. The molecule has 0 aliphatic heterocycles. The summed E-state index contributed by atoms with van der Waals surface area (Å²) in [7, 11) is 1.54. The van der Waals surface area contributed by atoms with E-state index in [2.05, 4.69) is 0 Å². The average Bonchev–Trinajstić information content (AvgIpc) is 1.68. The maximum atomic E-state index is 11.3. The Morgan fingerprint density at radius 2 is 2.43 bits per heavy atom. The minimum Gasteiger partial charge on any atom is -0.266 e. The van der Waals surface area contributed by atoms with Crippen LogP contribution in [-0.4, -0.2) is 25.3 Å². The van der Waals surface area contributed by atoms with Gasteiger partial charge in [0.15, 0.2) is 0 Å². The summed E-state index contributed by atoms with van der Waals surface area (Å²) in [6.45, 7) is -0.385. The van der Waals surface area contributed by atoms with Crippen LogP contribution in [0.25, 0.3) is 0 Å². The summed E-state index contributed by atoms with van der Waals surface area (Å²) in [6.07, 6.45) is 0. The third kappa shape index (κ3) is 3.20. The minimum atomic E-state index is -0.548. The van der Waals surface area contributed by atoms with E-state index in [4.69, 9.17) is 5.26 Å². The number of hydrogen-bond acceptors (Lipinski definition) is 2. The van der Waals surface area contributed by atoms with E-state index < -0.39 is 6.80 Å². The van der Waals surface area contributed by atoms with Gasteiger partial charge in [0.2, 0.25) is 0 Å². The maximum absolute atomic E-state index is 11.3. The Labute approximate surface area is 42.2 Å². The van der Waals surface area contributed by atoms with Gasteiger partial charge in [-0.2, -0.15) is 5.26 Å². The van der Waals surface area contributed by atoms with Crippen LogP contribution in [0.3, 0.4) is 0 Å². The number of rotatable bonds is 2. The minimum absolute atomic E-state index is 0.163. The SMILES string of the molecule is CN(CF)CC#N. The number of halogens is 1. The molecule has 0 rings (SSSR count). The molecule has 0 aliphatic rings. The first-order valence-corrected chi connectivity index (χ1v) is 1.92. The Bertz CT molecular complexity index is 76.2. The Hall–Kier alpha value is -0.620. The zero-order valence-electron chi connectivity index (χ0n) is 4.19. The van der Waals surface area contributed by atoms with Gasteiger partial charge in [-0.25, -0.2) is 4.39 Å². The third-order valence-electron chi connectivity index (χ3n) is 0.545. The molecule has 40 valence electrons. The van der Waals surface area contributed by atoms with Gasteiger partial charge in [-0.15, -0.1) is 0 Å². The Kier molecular flexibility index (Phi) is 3.25. The van der Waals surface area contributed by atoms with E-state index in [1.54, 1.807) is 13.1 Å². The molecule has 0 spiro atoms. The molecule has 0 radical (unpaired) electrons. The summed E-state index contributed by atoms with van der Waals surface area (Å²) in [5, 5.41) is 7.91. The van der Waals surface area contributed by atoms with Crippen LogP contribution >= 0.6 is 0 Å². The molecule has 0 unspecified atom stereocenters. The largest absolute Gasteiger partial charge is 0.266 e. The van der Waals surface area contributed by atoms with E-state index in [0.29, 0.717) is 0 Å². The Morgan fingerprint density at radius 1 is 1.86 bits per heavy atom. The van der Waals surface area contributed by atoms with E-state index in [1.807, 2.05) is 0 Å². The molecule has 2 nitrogen and oxygen atoms in total. The highest BCUT2D eigenvalue weighted by Gasteiger charge is 1.89. The van der Waals surface area contributed by atoms with Crippen molar-refractivity contribution in [2.24, 2.45) is 0 Å². The molecule has 0 saturated carbocycles. The molecule has 0 atom stereocenters. The van der Waals surface area contributed by atoms with Crippen LogP contribution in [0.1, 0.15) is 0 Å². The van der Waals surface area contributed by atoms with E-state index in [0.717, 1.165) is 0 Å². The average molecular weight is 102 g/mol. The first kappa shape index (κ1) is 6.38. The summed E-state index contributed by atoms with van der Waals surface area (Å²) >= 11 is 0. The monoisotopic (exact) mass is 102 g/mol. The number of hydrogen-bond donors (Lipinski definition) is 0. The van der Waals surface area contributed by atoms with Gasteiger partial charge in [-0.3, -0.25) is 4.90 Å². The summed E-state index contributed by atoms with van der Waals surface area (Å²) in [4.78, 5) is 1.28. The Balaban J connectivity index is 3.03. The molecule has 0 aromatic heterocycles. The van der Waals surface area contributed by atoms with E-state index in [1.165, 1.54) is 4.90 Å². The smallest absolute Gasteiger partial charge is 0.143 e. The summed E-state index contributed by atoms with van der Waals surface area (Å²) in [5.41, 5.74) is 0. The van der Waals surface area contributed by atoms with Gasteiger partial charge in [-0.1, -0.05) is 0 Å². The molecule has 0 aromatic carbocycles. The van der Waals surface area contributed by atoms with Crippen LogP contribution in [0.2, 0.25) is 0 Å². The number of nitriles is 1. The molecule has 0 amide bonds. The highest BCUT2D eigenvalue weighted by Crippen LogP contribution is 1.77. The van der Waals surface area contributed by atoms with Crippen molar-refractivity contribution in [3.05, 3.63) is 0 Å². The molecule has 0 fully saturated rings. The molecule has 0 bridgehead atoms. The van der Waals surface area contributed by atoms with Crippen LogP contribution < -0.4 is 0 Å². The van der Waals surface area contributed by atoms with Gasteiger partial charge >= 0.3 is 0 Å². The lowest BCUT2D eigenvalue weighted by molar-refractivity contribution is 0.247.